The van der Waals surface area contributed by atoms with Crippen molar-refractivity contribution in [2.24, 2.45) is 0 Å². The predicted octanol–water partition coefficient (Wildman–Crippen LogP) is 3.62. The fourth-order valence-corrected chi connectivity index (χ4v) is 2.75. The number of anilines is 1. The van der Waals surface area contributed by atoms with Crippen molar-refractivity contribution in [3.8, 4) is 22.8 Å². The molecule has 1 N–H and O–H groups in total. The molecule has 0 fully saturated rings. The molecule has 0 unspecified atom stereocenters. The first kappa shape index (κ1) is 16.0. The number of aromatic nitrogens is 3. The van der Waals surface area contributed by atoms with E-state index in [9.17, 15) is 0 Å². The molecule has 3 heterocycles. The molecule has 4 aromatic rings. The highest BCUT2D eigenvalue weighted by Crippen LogP contribution is 2.33. The van der Waals surface area contributed by atoms with Crippen LogP contribution in [0.4, 0.5) is 5.82 Å². The molecule has 0 aliphatic rings. The van der Waals surface area contributed by atoms with Crippen LogP contribution >= 0.6 is 0 Å². The van der Waals surface area contributed by atoms with E-state index in [2.05, 4.69) is 15.4 Å². The molecule has 0 spiro atoms. The van der Waals surface area contributed by atoms with Crippen LogP contribution in [0.5, 0.6) is 11.5 Å². The second-order valence-corrected chi connectivity index (χ2v) is 5.63. The molecule has 0 bridgehead atoms. The lowest BCUT2D eigenvalue weighted by Gasteiger charge is -2.10. The van der Waals surface area contributed by atoms with Gasteiger partial charge in [0.15, 0.2) is 5.65 Å². The minimum absolute atomic E-state index is 0.557. The molecule has 0 radical (unpaired) electrons. The molecule has 0 aliphatic heterocycles. The van der Waals surface area contributed by atoms with Crippen LogP contribution in [-0.4, -0.2) is 28.8 Å². The third-order valence-electron chi connectivity index (χ3n) is 4.07. The molecule has 0 aliphatic carbocycles. The van der Waals surface area contributed by atoms with Gasteiger partial charge in [-0.25, -0.2) is 9.50 Å². The number of furan rings is 1. The van der Waals surface area contributed by atoms with E-state index in [-0.39, 0.29) is 0 Å². The van der Waals surface area contributed by atoms with E-state index >= 15 is 0 Å². The van der Waals surface area contributed by atoms with E-state index in [1.54, 1.807) is 31.2 Å². The Balaban J connectivity index is 1.70. The molecule has 26 heavy (non-hydrogen) atoms. The van der Waals surface area contributed by atoms with Crippen LogP contribution in [-0.2, 0) is 6.54 Å². The van der Waals surface area contributed by atoms with Gasteiger partial charge in [0.2, 0.25) is 0 Å². The van der Waals surface area contributed by atoms with Gasteiger partial charge in [-0.2, -0.15) is 0 Å². The summed E-state index contributed by atoms with van der Waals surface area (Å²) >= 11 is 0. The van der Waals surface area contributed by atoms with Gasteiger partial charge in [-0.05, 0) is 36.4 Å². The van der Waals surface area contributed by atoms with E-state index in [1.165, 1.54) is 0 Å². The van der Waals surface area contributed by atoms with Crippen LogP contribution in [0.3, 0.4) is 0 Å². The van der Waals surface area contributed by atoms with Crippen molar-refractivity contribution in [3.63, 3.8) is 0 Å². The van der Waals surface area contributed by atoms with Crippen LogP contribution < -0.4 is 14.8 Å². The summed E-state index contributed by atoms with van der Waals surface area (Å²) in [5.41, 5.74) is 2.47. The highest BCUT2D eigenvalue weighted by atomic mass is 16.5. The number of hydrogen-bond acceptors (Lipinski definition) is 6. The third-order valence-corrected chi connectivity index (χ3v) is 4.07. The molecule has 0 amide bonds. The number of hydrogen-bond donors (Lipinski definition) is 1. The summed E-state index contributed by atoms with van der Waals surface area (Å²) in [5.74, 6) is 2.99. The Labute approximate surface area is 150 Å². The lowest BCUT2D eigenvalue weighted by atomic mass is 10.1. The molecule has 3 aromatic heterocycles. The van der Waals surface area contributed by atoms with Gasteiger partial charge < -0.3 is 19.2 Å². The van der Waals surface area contributed by atoms with Crippen molar-refractivity contribution in [3.05, 3.63) is 60.7 Å². The number of ether oxygens (including phenoxy) is 2. The quantitative estimate of drug-likeness (QED) is 0.572. The predicted molar refractivity (Wildman–Crippen MR) is 97.6 cm³/mol. The van der Waals surface area contributed by atoms with E-state index in [4.69, 9.17) is 13.9 Å². The zero-order chi connectivity index (χ0) is 17.9. The summed E-state index contributed by atoms with van der Waals surface area (Å²) in [6, 6.07) is 13.2. The first-order chi connectivity index (χ1) is 12.8. The smallest absolute Gasteiger partial charge is 0.154 e. The Kier molecular flexibility index (Phi) is 4.18. The molecule has 0 saturated carbocycles. The van der Waals surface area contributed by atoms with Gasteiger partial charge in [-0.15, -0.1) is 5.10 Å². The third kappa shape index (κ3) is 2.95. The molecule has 132 valence electrons. The number of benzene rings is 1. The van der Waals surface area contributed by atoms with Crippen molar-refractivity contribution in [1.29, 1.82) is 0 Å². The monoisotopic (exact) mass is 350 g/mol. The summed E-state index contributed by atoms with van der Waals surface area (Å²) in [7, 11) is 3.26. The van der Waals surface area contributed by atoms with Gasteiger partial charge in [-0.1, -0.05) is 0 Å². The number of rotatable bonds is 6. The lowest BCUT2D eigenvalue weighted by Crippen LogP contribution is -2.04. The number of nitrogens with one attached hydrogen (secondary N) is 1. The molecule has 7 heteroatoms. The van der Waals surface area contributed by atoms with Crippen molar-refractivity contribution in [2.45, 2.75) is 6.54 Å². The topological polar surface area (TPSA) is 73.8 Å². The van der Waals surface area contributed by atoms with Gasteiger partial charge in [-0.3, -0.25) is 0 Å². The van der Waals surface area contributed by atoms with Crippen LogP contribution in [0, 0.1) is 0 Å². The number of imidazole rings is 1. The van der Waals surface area contributed by atoms with Crippen molar-refractivity contribution >= 4 is 11.5 Å². The largest absolute Gasteiger partial charge is 0.497 e. The highest BCUT2D eigenvalue weighted by molar-refractivity contribution is 5.71. The Morgan fingerprint density at radius 2 is 2.04 bits per heavy atom. The number of nitrogens with zero attached hydrogens (tertiary/aromatic N) is 3. The van der Waals surface area contributed by atoms with Gasteiger partial charge >= 0.3 is 0 Å². The molecular weight excluding hydrogens is 332 g/mol. The van der Waals surface area contributed by atoms with Gasteiger partial charge in [0.05, 0.1) is 38.9 Å². The van der Waals surface area contributed by atoms with Gasteiger partial charge in [0.1, 0.15) is 23.1 Å². The molecular formula is C19H18N4O3. The standard InChI is InChI=1S/C19H18N4O3/c1-24-13-5-6-15(17(10-13)25-2)16-12-21-19-8-7-18(22-23(16)19)20-11-14-4-3-9-26-14/h3-10,12H,11H2,1-2H3,(H,20,22). The van der Waals surface area contributed by atoms with Crippen molar-refractivity contribution in [1.82, 2.24) is 14.6 Å². The van der Waals surface area contributed by atoms with E-state index in [1.807, 2.05) is 42.5 Å². The minimum Gasteiger partial charge on any atom is -0.497 e. The zero-order valence-electron chi connectivity index (χ0n) is 14.5. The van der Waals surface area contributed by atoms with Crippen LogP contribution in [0.25, 0.3) is 16.9 Å². The maximum atomic E-state index is 5.51. The van der Waals surface area contributed by atoms with Crippen molar-refractivity contribution in [2.75, 3.05) is 19.5 Å². The van der Waals surface area contributed by atoms with E-state index in [0.29, 0.717) is 12.3 Å². The van der Waals surface area contributed by atoms with Crippen LogP contribution in [0.1, 0.15) is 5.76 Å². The molecule has 0 atom stereocenters. The van der Waals surface area contributed by atoms with E-state index in [0.717, 1.165) is 34.2 Å². The summed E-state index contributed by atoms with van der Waals surface area (Å²) in [6.45, 7) is 0.557. The minimum atomic E-state index is 0.557. The average Bonchev–Trinajstić information content (AvgIpc) is 3.35. The zero-order valence-corrected chi connectivity index (χ0v) is 14.5. The molecule has 4 rings (SSSR count). The summed E-state index contributed by atoms with van der Waals surface area (Å²) in [6.07, 6.45) is 3.43. The van der Waals surface area contributed by atoms with Gasteiger partial charge in [0, 0.05) is 11.6 Å². The lowest BCUT2D eigenvalue weighted by molar-refractivity contribution is 0.395. The summed E-state index contributed by atoms with van der Waals surface area (Å²) < 4.78 is 17.9. The normalized spacial score (nSPS) is 10.8. The Morgan fingerprint density at radius 1 is 1.12 bits per heavy atom. The average molecular weight is 350 g/mol. The van der Waals surface area contributed by atoms with Gasteiger partial charge in [0.25, 0.3) is 0 Å². The first-order valence-electron chi connectivity index (χ1n) is 8.12. The number of methoxy groups -OCH3 is 2. The number of fused-ring (bicyclic) bond motifs is 1. The molecule has 0 saturated heterocycles. The maximum absolute atomic E-state index is 5.51. The van der Waals surface area contributed by atoms with Crippen LogP contribution in [0.2, 0.25) is 0 Å². The van der Waals surface area contributed by atoms with E-state index < -0.39 is 0 Å². The van der Waals surface area contributed by atoms with Crippen LogP contribution in [0.15, 0.2) is 59.3 Å². The fraction of sp³-hybridized carbons (Fsp3) is 0.158. The Bertz CT molecular complexity index is 1020. The molecule has 7 nitrogen and oxygen atoms in total. The highest BCUT2D eigenvalue weighted by Gasteiger charge is 2.13. The Morgan fingerprint density at radius 3 is 2.81 bits per heavy atom. The fourth-order valence-electron chi connectivity index (χ4n) is 2.75. The molecule has 1 aromatic carbocycles. The summed E-state index contributed by atoms with van der Waals surface area (Å²) in [4.78, 5) is 4.43. The maximum Gasteiger partial charge on any atom is 0.154 e. The second kappa shape index (κ2) is 6.79. The first-order valence-corrected chi connectivity index (χ1v) is 8.12. The van der Waals surface area contributed by atoms with Crippen molar-refractivity contribution < 1.29 is 13.9 Å². The Hall–Kier alpha value is -3.48. The SMILES string of the molecule is COc1ccc(-c2cnc3ccc(NCc4ccco4)nn23)c(OC)c1. The summed E-state index contributed by atoms with van der Waals surface area (Å²) in [5, 5.41) is 7.89. The second-order valence-electron chi connectivity index (χ2n) is 5.63.